The second kappa shape index (κ2) is 4.72. The van der Waals surface area contributed by atoms with Gasteiger partial charge in [0.25, 0.3) is 10.1 Å². The molecule has 0 aromatic heterocycles. The minimum absolute atomic E-state index is 0.468. The van der Waals surface area contributed by atoms with Gasteiger partial charge < -0.3 is 9.47 Å². The maximum absolute atomic E-state index is 11.1. The highest BCUT2D eigenvalue weighted by Crippen LogP contribution is 2.35. The molecule has 1 aromatic carbocycles. The minimum Gasteiger partial charge on any atom is -0.495 e. The van der Waals surface area contributed by atoms with E-state index in [1.54, 1.807) is 0 Å². The Hall–Kier alpha value is -1.36. The van der Waals surface area contributed by atoms with Crippen molar-refractivity contribution in [3.05, 3.63) is 12.1 Å². The zero-order chi connectivity index (χ0) is 14.1. The molecule has 0 atom stereocenters. The summed E-state index contributed by atoms with van der Waals surface area (Å²) in [4.78, 5) is -1.34. The molecule has 8 nitrogen and oxygen atoms in total. The minimum atomic E-state index is -4.68. The monoisotopic (exact) mass is 298 g/mol. The lowest BCUT2D eigenvalue weighted by Gasteiger charge is -2.12. The van der Waals surface area contributed by atoms with Crippen LogP contribution < -0.4 is 9.47 Å². The quantitative estimate of drug-likeness (QED) is 0.754. The fraction of sp³-hybridized carbons (Fsp3) is 0.250. The molecule has 0 aliphatic carbocycles. The standard InChI is InChI=1S/C8H10O8S2/c1-15-6-3-5(17(9,10)11)4-7(16-2)8(6)18(12,13)14/h3-4H,1-2H3,(H,9,10,11)(H,12,13,14). The topological polar surface area (TPSA) is 127 Å². The number of methoxy groups -OCH3 is 2. The van der Waals surface area contributed by atoms with Gasteiger partial charge in [0.05, 0.1) is 14.2 Å². The summed E-state index contributed by atoms with van der Waals surface area (Å²) >= 11 is 0. The molecule has 102 valence electrons. The molecule has 0 aliphatic heterocycles. The Labute approximate surface area is 104 Å². The highest BCUT2D eigenvalue weighted by molar-refractivity contribution is 7.86. The smallest absolute Gasteiger partial charge is 0.301 e. The molecule has 2 N–H and O–H groups in total. The normalized spacial score (nSPS) is 12.2. The Balaban J connectivity index is 3.76. The fourth-order valence-electron chi connectivity index (χ4n) is 1.26. The average molecular weight is 298 g/mol. The lowest BCUT2D eigenvalue weighted by atomic mass is 10.3. The first kappa shape index (κ1) is 14.7. The van der Waals surface area contributed by atoms with E-state index < -0.39 is 41.5 Å². The summed E-state index contributed by atoms with van der Waals surface area (Å²) in [5.41, 5.74) is 0. The van der Waals surface area contributed by atoms with Crippen molar-refractivity contribution >= 4 is 20.2 Å². The van der Waals surface area contributed by atoms with Gasteiger partial charge in [-0.3, -0.25) is 9.11 Å². The van der Waals surface area contributed by atoms with Crippen molar-refractivity contribution in [2.45, 2.75) is 9.79 Å². The Morgan fingerprint density at radius 1 is 0.889 bits per heavy atom. The summed E-state index contributed by atoms with van der Waals surface area (Å²) in [7, 11) is -7.11. The lowest BCUT2D eigenvalue weighted by Crippen LogP contribution is -2.07. The van der Waals surface area contributed by atoms with Crippen molar-refractivity contribution in [3.63, 3.8) is 0 Å². The van der Waals surface area contributed by atoms with Crippen LogP contribution in [0, 0.1) is 0 Å². The maximum Gasteiger partial charge on any atom is 0.301 e. The predicted molar refractivity (Wildman–Crippen MR) is 59.2 cm³/mol. The van der Waals surface area contributed by atoms with Gasteiger partial charge in [0, 0.05) is 12.1 Å². The highest BCUT2D eigenvalue weighted by Gasteiger charge is 2.26. The van der Waals surface area contributed by atoms with Crippen LogP contribution in [-0.2, 0) is 20.2 Å². The third-order valence-electron chi connectivity index (χ3n) is 1.99. The summed E-state index contributed by atoms with van der Waals surface area (Å²) in [6.45, 7) is 0. The van der Waals surface area contributed by atoms with E-state index in [4.69, 9.17) is 9.11 Å². The number of rotatable bonds is 4. The average Bonchev–Trinajstić information content (AvgIpc) is 2.24. The van der Waals surface area contributed by atoms with Crippen LogP contribution in [0.15, 0.2) is 21.9 Å². The van der Waals surface area contributed by atoms with Gasteiger partial charge in [0.2, 0.25) is 0 Å². The Morgan fingerprint density at radius 2 is 1.28 bits per heavy atom. The van der Waals surface area contributed by atoms with E-state index in [-0.39, 0.29) is 0 Å². The molecule has 18 heavy (non-hydrogen) atoms. The molecule has 0 heterocycles. The van der Waals surface area contributed by atoms with Gasteiger partial charge in [-0.25, -0.2) is 0 Å². The molecular weight excluding hydrogens is 288 g/mol. The molecule has 0 unspecified atom stereocenters. The molecule has 1 rings (SSSR count). The third-order valence-corrected chi connectivity index (χ3v) is 3.74. The van der Waals surface area contributed by atoms with Gasteiger partial charge in [-0.1, -0.05) is 0 Å². The second-order valence-electron chi connectivity index (χ2n) is 3.11. The van der Waals surface area contributed by atoms with Crippen molar-refractivity contribution < 1.29 is 35.4 Å². The zero-order valence-corrected chi connectivity index (χ0v) is 10.9. The van der Waals surface area contributed by atoms with Gasteiger partial charge in [-0.05, 0) is 0 Å². The molecule has 0 saturated heterocycles. The van der Waals surface area contributed by atoms with Gasteiger partial charge >= 0.3 is 10.1 Å². The lowest BCUT2D eigenvalue weighted by molar-refractivity contribution is 0.364. The molecule has 10 heteroatoms. The van der Waals surface area contributed by atoms with Crippen molar-refractivity contribution in [3.8, 4) is 11.5 Å². The third kappa shape index (κ3) is 2.90. The van der Waals surface area contributed by atoms with E-state index >= 15 is 0 Å². The Morgan fingerprint density at radius 3 is 1.50 bits per heavy atom. The Kier molecular flexibility index (Phi) is 3.86. The SMILES string of the molecule is COc1cc(S(=O)(=O)O)cc(OC)c1S(=O)(=O)O. The number of benzene rings is 1. The van der Waals surface area contributed by atoms with E-state index in [0.29, 0.717) is 0 Å². The van der Waals surface area contributed by atoms with Crippen molar-refractivity contribution in [2.24, 2.45) is 0 Å². The summed E-state index contributed by atoms with van der Waals surface area (Å²) < 4.78 is 71.4. The van der Waals surface area contributed by atoms with Crippen molar-refractivity contribution in [1.29, 1.82) is 0 Å². The second-order valence-corrected chi connectivity index (χ2v) is 5.89. The predicted octanol–water partition coefficient (Wildman–Crippen LogP) is 0.197. The van der Waals surface area contributed by atoms with Crippen LogP contribution in [0.25, 0.3) is 0 Å². The first-order valence-corrected chi connectivity index (χ1v) is 7.20. The Bertz CT molecular complexity index is 633. The molecule has 0 spiro atoms. The van der Waals surface area contributed by atoms with E-state index in [1.165, 1.54) is 0 Å². The highest BCUT2D eigenvalue weighted by atomic mass is 32.2. The number of hydrogen-bond donors (Lipinski definition) is 2. The van der Waals surface area contributed by atoms with Crippen LogP contribution in [0.1, 0.15) is 0 Å². The maximum atomic E-state index is 11.1. The van der Waals surface area contributed by atoms with E-state index in [0.717, 1.165) is 26.4 Å². The van der Waals surface area contributed by atoms with Gasteiger partial charge in [0.15, 0.2) is 4.90 Å². The fourth-order valence-corrected chi connectivity index (χ4v) is 2.56. The van der Waals surface area contributed by atoms with Crippen molar-refractivity contribution in [1.82, 2.24) is 0 Å². The molecule has 0 saturated carbocycles. The van der Waals surface area contributed by atoms with E-state index in [9.17, 15) is 16.8 Å². The van der Waals surface area contributed by atoms with Crippen LogP contribution in [0.4, 0.5) is 0 Å². The molecule has 1 aromatic rings. The summed E-state index contributed by atoms with van der Waals surface area (Å²) in [5.74, 6) is -0.936. The van der Waals surface area contributed by atoms with E-state index in [1.807, 2.05) is 0 Å². The van der Waals surface area contributed by atoms with Crippen LogP contribution >= 0.6 is 0 Å². The number of ether oxygens (including phenoxy) is 2. The zero-order valence-electron chi connectivity index (χ0n) is 9.32. The molecule has 0 bridgehead atoms. The molecular formula is C8H10O8S2. The van der Waals surface area contributed by atoms with Crippen molar-refractivity contribution in [2.75, 3.05) is 14.2 Å². The van der Waals surface area contributed by atoms with Gasteiger partial charge in [-0.2, -0.15) is 16.8 Å². The van der Waals surface area contributed by atoms with E-state index in [2.05, 4.69) is 9.47 Å². The first-order chi connectivity index (χ1) is 8.11. The largest absolute Gasteiger partial charge is 0.495 e. The molecule has 0 fully saturated rings. The summed E-state index contributed by atoms with van der Waals surface area (Å²) in [6, 6.07) is 1.50. The van der Waals surface area contributed by atoms with Gasteiger partial charge in [0.1, 0.15) is 16.4 Å². The van der Waals surface area contributed by atoms with Crippen LogP contribution in [0.3, 0.4) is 0 Å². The summed E-state index contributed by atoms with van der Waals surface area (Å²) in [5, 5.41) is 0. The molecule has 0 radical (unpaired) electrons. The van der Waals surface area contributed by atoms with Gasteiger partial charge in [-0.15, -0.1) is 0 Å². The van der Waals surface area contributed by atoms with Crippen LogP contribution in [0.2, 0.25) is 0 Å². The van der Waals surface area contributed by atoms with Crippen LogP contribution in [0.5, 0.6) is 11.5 Å². The number of hydrogen-bond acceptors (Lipinski definition) is 6. The first-order valence-electron chi connectivity index (χ1n) is 4.32. The summed E-state index contributed by atoms with van der Waals surface area (Å²) in [6.07, 6.45) is 0. The molecule has 0 amide bonds. The van der Waals surface area contributed by atoms with Crippen LogP contribution in [-0.4, -0.2) is 40.2 Å². The molecule has 0 aliphatic rings.